The molecule has 0 saturated carbocycles. The summed E-state index contributed by atoms with van der Waals surface area (Å²) in [7, 11) is 0. The van der Waals surface area contributed by atoms with E-state index in [1.165, 1.54) is 218 Å². The van der Waals surface area contributed by atoms with Gasteiger partial charge in [-0.05, 0) is 38.5 Å². The molecule has 4 N–H and O–H groups in total. The minimum Gasteiger partial charge on any atom is -0.394 e. The smallest absolute Gasteiger partial charge is 0.249 e. The van der Waals surface area contributed by atoms with E-state index in [-0.39, 0.29) is 6.61 Å². The van der Waals surface area contributed by atoms with Gasteiger partial charge in [0.05, 0.1) is 18.8 Å². The first-order valence-corrected chi connectivity index (χ1v) is 25.0. The van der Waals surface area contributed by atoms with Gasteiger partial charge in [0.1, 0.15) is 6.10 Å². The van der Waals surface area contributed by atoms with Gasteiger partial charge in [0, 0.05) is 0 Å². The Bertz CT molecular complexity index is 773. The molecule has 0 radical (unpaired) electrons. The van der Waals surface area contributed by atoms with Gasteiger partial charge < -0.3 is 20.6 Å². The number of carbonyl (C=O) groups excluding carboxylic acids is 1. The number of aliphatic hydroxyl groups excluding tert-OH is 3. The minimum atomic E-state index is -1.07. The average Bonchev–Trinajstić information content (AvgIpc) is 3.19. The van der Waals surface area contributed by atoms with Crippen LogP contribution in [0.2, 0.25) is 0 Å². The fraction of sp³-hybridized carbons (Fsp3) is 0.940. The lowest BCUT2D eigenvalue weighted by atomic mass is 10.0. The Balaban J connectivity index is 3.53. The second-order valence-corrected chi connectivity index (χ2v) is 17.4. The zero-order valence-corrected chi connectivity index (χ0v) is 37.3. The molecule has 0 fully saturated rings. The number of allylic oxidation sites excluding steroid dienone is 2. The molecule has 0 aromatic heterocycles. The number of hydrogen-bond donors (Lipinski definition) is 4. The van der Waals surface area contributed by atoms with E-state index in [1.54, 1.807) is 0 Å². The number of hydrogen-bond acceptors (Lipinski definition) is 4. The third-order valence-electron chi connectivity index (χ3n) is 11.9. The van der Waals surface area contributed by atoms with Crippen LogP contribution >= 0.6 is 0 Å². The molecule has 0 aliphatic rings. The largest absolute Gasteiger partial charge is 0.394 e. The van der Waals surface area contributed by atoms with E-state index in [1.807, 2.05) is 0 Å². The summed E-state index contributed by atoms with van der Waals surface area (Å²) < 4.78 is 0. The van der Waals surface area contributed by atoms with Crippen LogP contribution in [0.3, 0.4) is 0 Å². The monoisotopic (exact) mass is 778 g/mol. The number of nitrogens with one attached hydrogen (secondary N) is 1. The van der Waals surface area contributed by atoms with Gasteiger partial charge in [-0.3, -0.25) is 4.79 Å². The molecule has 0 rings (SSSR count). The third kappa shape index (κ3) is 41.1. The second-order valence-electron chi connectivity index (χ2n) is 17.4. The molecule has 0 aromatic rings. The maximum absolute atomic E-state index is 12.5. The van der Waals surface area contributed by atoms with Crippen LogP contribution in [0, 0.1) is 0 Å². The molecule has 55 heavy (non-hydrogen) atoms. The molecule has 5 heteroatoms. The van der Waals surface area contributed by atoms with Crippen LogP contribution in [-0.4, -0.2) is 46.1 Å². The van der Waals surface area contributed by atoms with Crippen LogP contribution in [0.25, 0.3) is 0 Å². The van der Waals surface area contributed by atoms with Gasteiger partial charge in [0.25, 0.3) is 0 Å². The Morgan fingerprint density at radius 2 is 0.691 bits per heavy atom. The van der Waals surface area contributed by atoms with Crippen molar-refractivity contribution in [3.63, 3.8) is 0 Å². The van der Waals surface area contributed by atoms with Gasteiger partial charge in [-0.2, -0.15) is 0 Å². The quantitative estimate of drug-likeness (QED) is 0.0366. The summed E-state index contributed by atoms with van der Waals surface area (Å²) in [5.74, 6) is -0.468. The summed E-state index contributed by atoms with van der Waals surface area (Å²) in [5, 5.41) is 33.4. The molecule has 0 saturated heterocycles. The highest BCUT2D eigenvalue weighted by Crippen LogP contribution is 2.17. The number of rotatable bonds is 46. The fourth-order valence-electron chi connectivity index (χ4n) is 7.95. The van der Waals surface area contributed by atoms with Crippen LogP contribution in [0.5, 0.6) is 0 Å². The molecule has 5 nitrogen and oxygen atoms in total. The third-order valence-corrected chi connectivity index (χ3v) is 11.9. The van der Waals surface area contributed by atoms with Gasteiger partial charge >= 0.3 is 0 Å². The standard InChI is InChI=1S/C50H99NO4/c1-3-5-7-9-11-13-15-17-19-20-21-22-23-24-25-26-27-28-29-30-31-33-35-37-39-41-43-45-49(54)50(55)51-47(46-52)48(53)44-42-40-38-36-34-32-18-16-14-12-10-8-6-4-2/h24-25,47-49,52-54H,3-23,26-46H2,1-2H3,(H,51,55)/b25-24-. The summed E-state index contributed by atoms with van der Waals surface area (Å²) in [6, 6.07) is -0.709. The Morgan fingerprint density at radius 3 is 1.00 bits per heavy atom. The van der Waals surface area contributed by atoms with Crippen molar-refractivity contribution < 1.29 is 20.1 Å². The Labute approximate surface area is 344 Å². The molecule has 328 valence electrons. The Morgan fingerprint density at radius 1 is 0.418 bits per heavy atom. The topological polar surface area (TPSA) is 89.8 Å². The van der Waals surface area contributed by atoms with E-state index in [0.717, 1.165) is 32.1 Å². The summed E-state index contributed by atoms with van der Waals surface area (Å²) in [6.07, 6.45) is 55.2. The molecule has 0 aliphatic carbocycles. The van der Waals surface area contributed by atoms with Gasteiger partial charge in [-0.1, -0.05) is 251 Å². The molecular formula is C50H99NO4. The van der Waals surface area contributed by atoms with Crippen molar-refractivity contribution in [1.29, 1.82) is 0 Å². The minimum absolute atomic E-state index is 0.310. The van der Waals surface area contributed by atoms with Crippen LogP contribution in [0.1, 0.15) is 277 Å². The van der Waals surface area contributed by atoms with E-state index < -0.39 is 24.2 Å². The maximum Gasteiger partial charge on any atom is 0.249 e. The van der Waals surface area contributed by atoms with Crippen molar-refractivity contribution in [3.05, 3.63) is 12.2 Å². The lowest BCUT2D eigenvalue weighted by Crippen LogP contribution is -2.49. The maximum atomic E-state index is 12.5. The predicted molar refractivity (Wildman–Crippen MR) is 241 cm³/mol. The zero-order chi connectivity index (χ0) is 40.1. The second kappa shape index (κ2) is 45.8. The molecule has 0 spiro atoms. The Hall–Kier alpha value is -0.910. The van der Waals surface area contributed by atoms with E-state index in [9.17, 15) is 20.1 Å². The number of unbranched alkanes of at least 4 members (excludes halogenated alkanes) is 36. The molecule has 1 amide bonds. The normalized spacial score (nSPS) is 13.5. The highest BCUT2D eigenvalue weighted by atomic mass is 16.3. The van der Waals surface area contributed by atoms with Crippen molar-refractivity contribution in [2.75, 3.05) is 6.61 Å². The van der Waals surface area contributed by atoms with Crippen molar-refractivity contribution >= 4 is 5.91 Å². The molecule has 0 aromatic carbocycles. The molecule has 0 heterocycles. The highest BCUT2D eigenvalue weighted by Gasteiger charge is 2.23. The van der Waals surface area contributed by atoms with Gasteiger partial charge in [-0.15, -0.1) is 0 Å². The van der Waals surface area contributed by atoms with Gasteiger partial charge in [0.2, 0.25) is 5.91 Å². The number of aliphatic hydroxyl groups is 3. The SMILES string of the molecule is CCCCCCCCCCCCCC/C=C\CCCCCCCCCCCCCC(O)C(=O)NC(CO)C(O)CCCCCCCCCCCCCCCC. The summed E-state index contributed by atoms with van der Waals surface area (Å²) >= 11 is 0. The number of carbonyl (C=O) groups is 1. The summed E-state index contributed by atoms with van der Waals surface area (Å²) in [5.41, 5.74) is 0. The molecular weight excluding hydrogens is 679 g/mol. The first-order valence-electron chi connectivity index (χ1n) is 25.0. The first kappa shape index (κ1) is 54.1. The van der Waals surface area contributed by atoms with Crippen LogP contribution in [0.4, 0.5) is 0 Å². The number of amides is 1. The Kier molecular flexibility index (Phi) is 45.0. The lowest BCUT2D eigenvalue weighted by Gasteiger charge is -2.23. The average molecular weight is 778 g/mol. The van der Waals surface area contributed by atoms with Crippen molar-refractivity contribution in [2.45, 2.75) is 295 Å². The fourth-order valence-corrected chi connectivity index (χ4v) is 7.95. The van der Waals surface area contributed by atoms with E-state index in [4.69, 9.17) is 0 Å². The van der Waals surface area contributed by atoms with Gasteiger partial charge in [-0.25, -0.2) is 0 Å². The first-order chi connectivity index (χ1) is 27.1. The van der Waals surface area contributed by atoms with E-state index in [2.05, 4.69) is 31.3 Å². The molecule has 0 bridgehead atoms. The van der Waals surface area contributed by atoms with Gasteiger partial charge in [0.15, 0.2) is 0 Å². The molecule has 3 atom stereocenters. The van der Waals surface area contributed by atoms with Crippen LogP contribution < -0.4 is 5.32 Å². The highest BCUT2D eigenvalue weighted by molar-refractivity contribution is 5.80. The van der Waals surface area contributed by atoms with Crippen LogP contribution in [0.15, 0.2) is 12.2 Å². The van der Waals surface area contributed by atoms with Crippen molar-refractivity contribution in [1.82, 2.24) is 5.32 Å². The summed E-state index contributed by atoms with van der Waals surface area (Å²) in [4.78, 5) is 12.5. The molecule has 0 aliphatic heterocycles. The van der Waals surface area contributed by atoms with Crippen molar-refractivity contribution in [3.8, 4) is 0 Å². The lowest BCUT2D eigenvalue weighted by molar-refractivity contribution is -0.131. The van der Waals surface area contributed by atoms with Crippen molar-refractivity contribution in [2.24, 2.45) is 0 Å². The zero-order valence-electron chi connectivity index (χ0n) is 37.3. The molecule has 3 unspecified atom stereocenters. The van der Waals surface area contributed by atoms with Crippen LogP contribution in [-0.2, 0) is 4.79 Å². The predicted octanol–water partition coefficient (Wildman–Crippen LogP) is 14.8. The van der Waals surface area contributed by atoms with E-state index >= 15 is 0 Å². The summed E-state index contributed by atoms with van der Waals surface area (Å²) in [6.45, 7) is 4.25. The van der Waals surface area contributed by atoms with E-state index in [0.29, 0.717) is 12.8 Å².